The summed E-state index contributed by atoms with van der Waals surface area (Å²) in [5.41, 5.74) is 12.4. The van der Waals surface area contributed by atoms with E-state index < -0.39 is 0 Å². The maximum atomic E-state index is 5.66. The van der Waals surface area contributed by atoms with Gasteiger partial charge in [-0.2, -0.15) is 0 Å². The molecule has 1 aromatic rings. The fourth-order valence-electron chi connectivity index (χ4n) is 0.859. The minimum atomic E-state index is -0.224. The van der Waals surface area contributed by atoms with Crippen LogP contribution < -0.4 is 11.5 Å². The van der Waals surface area contributed by atoms with Gasteiger partial charge in [0.25, 0.3) is 0 Å². The zero-order valence-electron chi connectivity index (χ0n) is 6.70. The molecular formula is C9H11N3. The van der Waals surface area contributed by atoms with Crippen LogP contribution in [0.15, 0.2) is 18.2 Å². The summed E-state index contributed by atoms with van der Waals surface area (Å²) in [4.78, 5) is 4.12. The summed E-state index contributed by atoms with van der Waals surface area (Å²) in [6.45, 7) is 0.376. The van der Waals surface area contributed by atoms with Gasteiger partial charge < -0.3 is 11.5 Å². The van der Waals surface area contributed by atoms with Crippen LogP contribution in [0.2, 0.25) is 0 Å². The summed E-state index contributed by atoms with van der Waals surface area (Å²) >= 11 is 0. The number of pyridine rings is 1. The number of terminal acetylenes is 1. The SMILES string of the molecule is C#Cc1cccc([C@@H](N)CN)n1. The number of hydrogen-bond acceptors (Lipinski definition) is 3. The second-order valence-corrected chi connectivity index (χ2v) is 2.43. The third-order valence-electron chi connectivity index (χ3n) is 1.55. The maximum Gasteiger partial charge on any atom is 0.113 e. The van der Waals surface area contributed by atoms with Gasteiger partial charge in [0.2, 0.25) is 0 Å². The molecule has 0 saturated carbocycles. The molecule has 0 fully saturated rings. The Bertz CT molecular complexity index is 301. The molecule has 12 heavy (non-hydrogen) atoms. The van der Waals surface area contributed by atoms with Gasteiger partial charge in [-0.15, -0.1) is 6.42 Å². The van der Waals surface area contributed by atoms with Gasteiger partial charge in [0.15, 0.2) is 0 Å². The quantitative estimate of drug-likeness (QED) is 0.601. The average Bonchev–Trinajstić information content (AvgIpc) is 2.17. The monoisotopic (exact) mass is 161 g/mol. The van der Waals surface area contributed by atoms with E-state index in [1.165, 1.54) is 0 Å². The lowest BCUT2D eigenvalue weighted by atomic mass is 10.2. The van der Waals surface area contributed by atoms with Crippen molar-refractivity contribution in [1.82, 2.24) is 4.98 Å². The Morgan fingerprint density at radius 3 is 2.92 bits per heavy atom. The molecule has 3 nitrogen and oxygen atoms in total. The summed E-state index contributed by atoms with van der Waals surface area (Å²) < 4.78 is 0. The Balaban J connectivity index is 2.95. The van der Waals surface area contributed by atoms with E-state index >= 15 is 0 Å². The van der Waals surface area contributed by atoms with Gasteiger partial charge in [-0.3, -0.25) is 0 Å². The van der Waals surface area contributed by atoms with Gasteiger partial charge in [0.1, 0.15) is 5.69 Å². The molecular weight excluding hydrogens is 150 g/mol. The minimum Gasteiger partial charge on any atom is -0.329 e. The molecule has 0 amide bonds. The molecule has 0 aliphatic carbocycles. The van der Waals surface area contributed by atoms with Crippen LogP contribution in [0.25, 0.3) is 0 Å². The second-order valence-electron chi connectivity index (χ2n) is 2.43. The molecule has 0 aliphatic heterocycles. The Kier molecular flexibility index (Phi) is 2.81. The first-order chi connectivity index (χ1) is 5.77. The number of nitrogens with two attached hydrogens (primary N) is 2. The van der Waals surface area contributed by atoms with Crippen molar-refractivity contribution < 1.29 is 0 Å². The molecule has 0 unspecified atom stereocenters. The lowest BCUT2D eigenvalue weighted by Gasteiger charge is -2.07. The van der Waals surface area contributed by atoms with E-state index in [0.717, 1.165) is 5.69 Å². The highest BCUT2D eigenvalue weighted by molar-refractivity contribution is 5.26. The molecule has 1 atom stereocenters. The van der Waals surface area contributed by atoms with Crippen LogP contribution in [0.4, 0.5) is 0 Å². The molecule has 62 valence electrons. The van der Waals surface area contributed by atoms with E-state index in [1.807, 2.05) is 12.1 Å². The van der Waals surface area contributed by atoms with Gasteiger partial charge in [-0.25, -0.2) is 4.98 Å². The van der Waals surface area contributed by atoms with Crippen molar-refractivity contribution in [3.8, 4) is 12.3 Å². The van der Waals surface area contributed by atoms with Crippen molar-refractivity contribution in [2.24, 2.45) is 11.5 Å². The number of rotatable bonds is 2. The van der Waals surface area contributed by atoms with E-state index in [2.05, 4.69) is 10.9 Å². The molecule has 3 heteroatoms. The summed E-state index contributed by atoms with van der Waals surface area (Å²) in [6.07, 6.45) is 5.18. The highest BCUT2D eigenvalue weighted by atomic mass is 14.8. The molecule has 0 radical (unpaired) electrons. The zero-order chi connectivity index (χ0) is 8.97. The van der Waals surface area contributed by atoms with Crippen molar-refractivity contribution >= 4 is 0 Å². The van der Waals surface area contributed by atoms with Crippen LogP contribution in [0, 0.1) is 12.3 Å². The van der Waals surface area contributed by atoms with E-state index in [4.69, 9.17) is 17.9 Å². The topological polar surface area (TPSA) is 64.9 Å². The molecule has 1 aromatic heterocycles. The third-order valence-corrected chi connectivity index (χ3v) is 1.55. The first-order valence-corrected chi connectivity index (χ1v) is 3.67. The van der Waals surface area contributed by atoms with E-state index in [0.29, 0.717) is 12.2 Å². The molecule has 4 N–H and O–H groups in total. The molecule has 1 heterocycles. The first kappa shape index (κ1) is 8.72. The Morgan fingerprint density at radius 1 is 1.58 bits per heavy atom. The maximum absolute atomic E-state index is 5.66. The van der Waals surface area contributed by atoms with Crippen molar-refractivity contribution in [3.05, 3.63) is 29.6 Å². The normalized spacial score (nSPS) is 12.1. The number of hydrogen-bond donors (Lipinski definition) is 2. The van der Waals surface area contributed by atoms with Crippen LogP contribution >= 0.6 is 0 Å². The van der Waals surface area contributed by atoms with Crippen molar-refractivity contribution in [2.75, 3.05) is 6.54 Å². The fourth-order valence-corrected chi connectivity index (χ4v) is 0.859. The average molecular weight is 161 g/mol. The van der Waals surface area contributed by atoms with Crippen molar-refractivity contribution in [1.29, 1.82) is 0 Å². The van der Waals surface area contributed by atoms with E-state index in [1.54, 1.807) is 6.07 Å². The van der Waals surface area contributed by atoms with Gasteiger partial charge in [0.05, 0.1) is 11.7 Å². The highest BCUT2D eigenvalue weighted by Gasteiger charge is 2.04. The highest BCUT2D eigenvalue weighted by Crippen LogP contribution is 2.05. The molecule has 1 rings (SSSR count). The lowest BCUT2D eigenvalue weighted by Crippen LogP contribution is -2.21. The summed E-state index contributed by atoms with van der Waals surface area (Å²) in [7, 11) is 0. The third kappa shape index (κ3) is 1.82. The van der Waals surface area contributed by atoms with Gasteiger partial charge in [0, 0.05) is 6.54 Å². The van der Waals surface area contributed by atoms with Crippen LogP contribution in [0.5, 0.6) is 0 Å². The van der Waals surface area contributed by atoms with Crippen LogP contribution in [0.1, 0.15) is 17.4 Å². The van der Waals surface area contributed by atoms with Crippen molar-refractivity contribution in [2.45, 2.75) is 6.04 Å². The predicted octanol–water partition coefficient (Wildman–Crippen LogP) is 0.0214. The van der Waals surface area contributed by atoms with E-state index in [9.17, 15) is 0 Å². The Labute approximate surface area is 71.8 Å². The molecule has 0 aromatic carbocycles. The van der Waals surface area contributed by atoms with Crippen LogP contribution in [-0.2, 0) is 0 Å². The predicted molar refractivity (Wildman–Crippen MR) is 48.2 cm³/mol. The summed E-state index contributed by atoms with van der Waals surface area (Å²) in [5, 5.41) is 0. The second kappa shape index (κ2) is 3.86. The molecule has 0 saturated heterocycles. The Hall–Kier alpha value is -1.37. The van der Waals surface area contributed by atoms with Gasteiger partial charge in [-0.1, -0.05) is 12.0 Å². The Morgan fingerprint density at radius 2 is 2.33 bits per heavy atom. The van der Waals surface area contributed by atoms with Gasteiger partial charge in [-0.05, 0) is 12.1 Å². The largest absolute Gasteiger partial charge is 0.329 e. The molecule has 0 aliphatic rings. The summed E-state index contributed by atoms with van der Waals surface area (Å²) in [5.74, 6) is 2.44. The smallest absolute Gasteiger partial charge is 0.113 e. The van der Waals surface area contributed by atoms with E-state index in [-0.39, 0.29) is 6.04 Å². The number of aromatic nitrogens is 1. The zero-order valence-corrected chi connectivity index (χ0v) is 6.70. The van der Waals surface area contributed by atoms with Crippen molar-refractivity contribution in [3.63, 3.8) is 0 Å². The minimum absolute atomic E-state index is 0.224. The fraction of sp³-hybridized carbons (Fsp3) is 0.222. The van der Waals surface area contributed by atoms with Gasteiger partial charge >= 0.3 is 0 Å². The molecule has 0 spiro atoms. The number of nitrogens with zero attached hydrogens (tertiary/aromatic N) is 1. The first-order valence-electron chi connectivity index (χ1n) is 3.67. The molecule has 0 bridgehead atoms. The standard InChI is InChI=1S/C9H11N3/c1-2-7-4-3-5-9(12-7)8(11)6-10/h1,3-5,8H,6,10-11H2/t8-/m0/s1. The summed E-state index contributed by atoms with van der Waals surface area (Å²) in [6, 6.07) is 5.18. The lowest BCUT2D eigenvalue weighted by molar-refractivity contribution is 0.710. The van der Waals surface area contributed by atoms with Crippen LogP contribution in [0.3, 0.4) is 0 Å². The van der Waals surface area contributed by atoms with Crippen LogP contribution in [-0.4, -0.2) is 11.5 Å².